The largest absolute Gasteiger partial charge is 0.437 e. The molecule has 5 nitrogen and oxygen atoms in total. The summed E-state index contributed by atoms with van der Waals surface area (Å²) in [6, 6.07) is 7.11. The molecular weight excluding hydrogens is 206 g/mol. The van der Waals surface area contributed by atoms with Crippen molar-refractivity contribution in [2.45, 2.75) is 19.9 Å². The van der Waals surface area contributed by atoms with Crippen molar-refractivity contribution in [2.75, 3.05) is 5.73 Å². The number of para-hydroxylation sites is 1. The third-order valence-corrected chi connectivity index (χ3v) is 2.25. The number of nitrogens with zero attached hydrogens (tertiary/aromatic N) is 2. The molecule has 0 fully saturated rings. The Labute approximate surface area is 92.5 Å². The summed E-state index contributed by atoms with van der Waals surface area (Å²) < 4.78 is 6.35. The first-order valence-electron chi connectivity index (χ1n) is 5.04. The van der Waals surface area contributed by atoms with Gasteiger partial charge in [0.1, 0.15) is 0 Å². The Morgan fingerprint density at radius 2 is 2.06 bits per heavy atom. The molecule has 5 heteroatoms. The van der Waals surface area contributed by atoms with E-state index in [1.165, 1.54) is 4.68 Å². The summed E-state index contributed by atoms with van der Waals surface area (Å²) in [5.41, 5.74) is 6.96. The maximum atomic E-state index is 11.5. The van der Waals surface area contributed by atoms with Crippen molar-refractivity contribution < 1.29 is 4.42 Å². The van der Waals surface area contributed by atoms with E-state index < -0.39 is 5.76 Å². The summed E-state index contributed by atoms with van der Waals surface area (Å²) in [5.74, 6) is -0.204. The number of benzene rings is 1. The van der Waals surface area contributed by atoms with Gasteiger partial charge in [0.15, 0.2) is 0 Å². The molecule has 0 radical (unpaired) electrons. The van der Waals surface area contributed by atoms with Crippen molar-refractivity contribution in [1.82, 2.24) is 9.78 Å². The van der Waals surface area contributed by atoms with E-state index in [0.29, 0.717) is 11.3 Å². The molecule has 0 saturated heterocycles. The van der Waals surface area contributed by atoms with Crippen LogP contribution < -0.4 is 11.5 Å². The van der Waals surface area contributed by atoms with Gasteiger partial charge in [0.05, 0.1) is 11.6 Å². The second-order valence-electron chi connectivity index (χ2n) is 3.80. The zero-order valence-corrected chi connectivity index (χ0v) is 9.18. The molecule has 0 atom stereocenters. The molecule has 2 rings (SSSR count). The molecule has 1 aromatic carbocycles. The normalized spacial score (nSPS) is 10.9. The van der Waals surface area contributed by atoms with E-state index in [9.17, 15) is 4.79 Å². The Morgan fingerprint density at radius 1 is 1.38 bits per heavy atom. The van der Waals surface area contributed by atoms with Gasteiger partial charge in [-0.05, 0) is 26.0 Å². The lowest BCUT2D eigenvalue weighted by molar-refractivity contribution is 0.449. The molecule has 0 spiro atoms. The minimum absolute atomic E-state index is 0.0325. The van der Waals surface area contributed by atoms with E-state index in [1.54, 1.807) is 12.1 Å². The van der Waals surface area contributed by atoms with Crippen LogP contribution in [0.2, 0.25) is 0 Å². The topological polar surface area (TPSA) is 74.1 Å². The third-order valence-electron chi connectivity index (χ3n) is 2.25. The highest BCUT2D eigenvalue weighted by molar-refractivity contribution is 5.69. The number of anilines is 1. The van der Waals surface area contributed by atoms with Crippen LogP contribution in [0.3, 0.4) is 0 Å². The van der Waals surface area contributed by atoms with E-state index in [2.05, 4.69) is 5.10 Å². The van der Waals surface area contributed by atoms with Gasteiger partial charge in [-0.1, -0.05) is 12.1 Å². The number of hydrogen-bond donors (Lipinski definition) is 1. The van der Waals surface area contributed by atoms with E-state index in [4.69, 9.17) is 10.2 Å². The average molecular weight is 219 g/mol. The standard InChI is InChI=1S/C11H13N3O2/c1-7(2)14-11(15)16-10(13-14)8-5-3-4-6-9(8)12/h3-7H,12H2,1-2H3. The van der Waals surface area contributed by atoms with Gasteiger partial charge in [-0.2, -0.15) is 4.68 Å². The fraction of sp³-hybridized carbons (Fsp3) is 0.273. The predicted molar refractivity (Wildman–Crippen MR) is 61.0 cm³/mol. The summed E-state index contributed by atoms with van der Waals surface area (Å²) in [4.78, 5) is 11.5. The number of hydrogen-bond acceptors (Lipinski definition) is 4. The molecule has 0 unspecified atom stereocenters. The Kier molecular flexibility index (Phi) is 2.52. The van der Waals surface area contributed by atoms with Crippen molar-refractivity contribution in [3.8, 4) is 11.5 Å². The molecule has 1 heterocycles. The van der Waals surface area contributed by atoms with Crippen LogP contribution in [0.1, 0.15) is 19.9 Å². The van der Waals surface area contributed by atoms with Crippen molar-refractivity contribution in [3.05, 3.63) is 34.8 Å². The zero-order valence-electron chi connectivity index (χ0n) is 9.18. The maximum Gasteiger partial charge on any atom is 0.437 e. The lowest BCUT2D eigenvalue weighted by Gasteiger charge is -2.00. The third kappa shape index (κ3) is 1.71. The van der Waals surface area contributed by atoms with Gasteiger partial charge in [0, 0.05) is 5.69 Å². The van der Waals surface area contributed by atoms with Crippen LogP contribution in [0.5, 0.6) is 0 Å². The molecule has 0 aliphatic carbocycles. The Hall–Kier alpha value is -2.04. The summed E-state index contributed by atoms with van der Waals surface area (Å²) in [7, 11) is 0. The molecule has 0 bridgehead atoms. The van der Waals surface area contributed by atoms with Gasteiger partial charge in [0.2, 0.25) is 0 Å². The average Bonchev–Trinajstić information content (AvgIpc) is 2.61. The number of rotatable bonds is 2. The number of nitrogens with two attached hydrogens (primary N) is 1. The molecule has 0 aliphatic heterocycles. The fourth-order valence-electron chi connectivity index (χ4n) is 1.42. The van der Waals surface area contributed by atoms with Crippen molar-refractivity contribution >= 4 is 5.69 Å². The van der Waals surface area contributed by atoms with E-state index in [-0.39, 0.29) is 11.9 Å². The van der Waals surface area contributed by atoms with Gasteiger partial charge in [-0.3, -0.25) is 0 Å². The summed E-state index contributed by atoms with van der Waals surface area (Å²) in [6.07, 6.45) is 0. The quantitative estimate of drug-likeness (QED) is 0.779. The summed E-state index contributed by atoms with van der Waals surface area (Å²) in [5, 5.41) is 4.10. The first-order chi connectivity index (χ1) is 7.59. The van der Waals surface area contributed by atoms with Crippen molar-refractivity contribution in [3.63, 3.8) is 0 Å². The number of aromatic nitrogens is 2. The van der Waals surface area contributed by atoms with Crippen LogP contribution in [0.15, 0.2) is 33.5 Å². The van der Waals surface area contributed by atoms with E-state index in [1.807, 2.05) is 26.0 Å². The first-order valence-corrected chi connectivity index (χ1v) is 5.04. The van der Waals surface area contributed by atoms with Crippen LogP contribution >= 0.6 is 0 Å². The Balaban J connectivity index is 2.54. The summed E-state index contributed by atoms with van der Waals surface area (Å²) >= 11 is 0. The monoisotopic (exact) mass is 219 g/mol. The molecular formula is C11H13N3O2. The van der Waals surface area contributed by atoms with Gasteiger partial charge in [-0.15, -0.1) is 5.10 Å². The molecule has 2 N–H and O–H groups in total. The van der Waals surface area contributed by atoms with Crippen molar-refractivity contribution in [2.24, 2.45) is 0 Å². The SMILES string of the molecule is CC(C)n1nc(-c2ccccc2N)oc1=O. The van der Waals surface area contributed by atoms with Crippen LogP contribution in [0.25, 0.3) is 11.5 Å². The van der Waals surface area contributed by atoms with Gasteiger partial charge >= 0.3 is 5.76 Å². The second kappa shape index (κ2) is 3.84. The van der Waals surface area contributed by atoms with Crippen LogP contribution in [0, 0.1) is 0 Å². The smallest absolute Gasteiger partial charge is 0.398 e. The second-order valence-corrected chi connectivity index (χ2v) is 3.80. The van der Waals surface area contributed by atoms with E-state index in [0.717, 1.165) is 0 Å². The highest BCUT2D eigenvalue weighted by atomic mass is 16.4. The fourth-order valence-corrected chi connectivity index (χ4v) is 1.42. The summed E-state index contributed by atoms with van der Waals surface area (Å²) in [6.45, 7) is 3.73. The van der Waals surface area contributed by atoms with Gasteiger partial charge in [0.25, 0.3) is 5.89 Å². The molecule has 1 aromatic heterocycles. The molecule has 16 heavy (non-hydrogen) atoms. The molecule has 0 saturated carbocycles. The lowest BCUT2D eigenvalue weighted by atomic mass is 10.2. The number of nitrogen functional groups attached to an aromatic ring is 1. The maximum absolute atomic E-state index is 11.5. The molecule has 0 amide bonds. The predicted octanol–water partition coefficient (Wildman–Crippen LogP) is 1.67. The van der Waals surface area contributed by atoms with Crippen LogP contribution in [-0.4, -0.2) is 9.78 Å². The first kappa shape index (κ1) is 10.5. The highest BCUT2D eigenvalue weighted by Crippen LogP contribution is 2.22. The van der Waals surface area contributed by atoms with Gasteiger partial charge in [-0.25, -0.2) is 4.79 Å². The van der Waals surface area contributed by atoms with Crippen LogP contribution in [0.4, 0.5) is 5.69 Å². The van der Waals surface area contributed by atoms with E-state index >= 15 is 0 Å². The molecule has 0 aliphatic rings. The Bertz CT molecular complexity index is 554. The minimum atomic E-state index is -0.465. The highest BCUT2D eigenvalue weighted by Gasteiger charge is 2.13. The molecule has 84 valence electrons. The van der Waals surface area contributed by atoms with Crippen molar-refractivity contribution in [1.29, 1.82) is 0 Å². The van der Waals surface area contributed by atoms with Crippen LogP contribution in [-0.2, 0) is 0 Å². The zero-order chi connectivity index (χ0) is 11.7. The Morgan fingerprint density at radius 3 is 2.62 bits per heavy atom. The molecule has 2 aromatic rings. The minimum Gasteiger partial charge on any atom is -0.398 e. The van der Waals surface area contributed by atoms with Gasteiger partial charge < -0.3 is 10.2 Å². The lowest BCUT2D eigenvalue weighted by Crippen LogP contribution is -2.17.